The van der Waals surface area contributed by atoms with Crippen molar-refractivity contribution in [2.45, 2.75) is 22.7 Å². The third kappa shape index (κ3) is 6.58. The molecule has 2 aliphatic heterocycles. The summed E-state index contributed by atoms with van der Waals surface area (Å²) in [5.41, 5.74) is 0.448. The molecule has 5 N–H and O–H groups in total. The molecule has 2 aliphatic rings. The number of aromatic nitrogens is 4. The second-order valence-corrected chi connectivity index (χ2v) is 14.6. The normalized spacial score (nSPS) is 19.2. The summed E-state index contributed by atoms with van der Waals surface area (Å²) < 4.78 is 30.6. The summed E-state index contributed by atoms with van der Waals surface area (Å²) in [5.74, 6) is -3.51. The Hall–Kier alpha value is -3.59. The van der Waals surface area contributed by atoms with Gasteiger partial charge >= 0.3 is 13.7 Å². The number of aryl methyl sites for hydroxylation is 1. The number of amides is 2. The number of β-lactam (4-membered cyclic amide) rings is 1. The maximum absolute atomic E-state index is 13.5. The van der Waals surface area contributed by atoms with E-state index in [9.17, 15) is 28.3 Å². The predicted octanol–water partition coefficient (Wildman–Crippen LogP) is 0.235. The average Bonchev–Trinajstić information content (AvgIpc) is 3.64. The molecule has 44 heavy (non-hydrogen) atoms. The lowest BCUT2D eigenvalue weighted by atomic mass is 10.0. The minimum Gasteiger partial charge on any atom is -0.477 e. The van der Waals surface area contributed by atoms with E-state index in [4.69, 9.17) is 14.6 Å². The number of oxime groups is 1. The smallest absolute Gasteiger partial charge is 0.429 e. The van der Waals surface area contributed by atoms with Gasteiger partial charge in [-0.3, -0.25) is 19.6 Å². The molecule has 17 nitrogen and oxygen atoms in total. The molecule has 2 amide bonds. The van der Waals surface area contributed by atoms with E-state index in [0.717, 1.165) is 33.6 Å². The van der Waals surface area contributed by atoms with Crippen LogP contribution in [-0.2, 0) is 41.6 Å². The van der Waals surface area contributed by atoms with Gasteiger partial charge in [0.05, 0.1) is 10.6 Å². The van der Waals surface area contributed by atoms with E-state index in [0.29, 0.717) is 17.2 Å². The number of thiazole rings is 1. The summed E-state index contributed by atoms with van der Waals surface area (Å²) >= 11 is 2.77. The zero-order valence-electron chi connectivity index (χ0n) is 22.5. The van der Waals surface area contributed by atoms with Crippen molar-refractivity contribution in [2.24, 2.45) is 12.2 Å². The molecule has 232 valence electrons. The molecule has 3 atom stereocenters. The quantitative estimate of drug-likeness (QED) is 0.0592. The number of thioether (sulfide) groups is 1. The SMILES string of the molecule is CCO/N=C(\C(=O)N[C@@H]1C(=O)N2C(C(=O)O)=C(S(=O)c3nc(-c4cc[n+](C)cc4)cs3)CS[C@H]12)c1nsc(NP(=O)(O)O)n1. The van der Waals surface area contributed by atoms with Crippen molar-refractivity contribution in [1.82, 2.24) is 24.6 Å². The monoisotopic (exact) mass is 701 g/mol. The van der Waals surface area contributed by atoms with Crippen molar-refractivity contribution >= 4 is 81.8 Å². The van der Waals surface area contributed by atoms with Gasteiger partial charge in [-0.2, -0.15) is 9.36 Å². The molecule has 0 aromatic carbocycles. The number of nitrogens with zero attached hydrogens (tertiary/aromatic N) is 6. The minimum atomic E-state index is -4.70. The van der Waals surface area contributed by atoms with Gasteiger partial charge in [0.1, 0.15) is 41.6 Å². The molecule has 1 fully saturated rings. The van der Waals surface area contributed by atoms with Gasteiger partial charge in [0.25, 0.3) is 11.8 Å². The highest BCUT2D eigenvalue weighted by molar-refractivity contribution is 8.02. The standard InChI is InChI=1S/C22H21N8O9PS4/c1-3-39-26-13(16-25-21(43-28-16)27-40(35,36)37)17(31)24-14-18(32)30-15(20(33)34)12(9-41-19(14)30)44(38)22-23-11(8-42-22)10-4-6-29(2)7-5-10/h4-8,14,19H,3,9H2,1-2H3,(H4-,24,25,27,28,31,33,34,35,36,37)/p+1/b26-13-/t14-,19-,44?/m1/s1. The number of carbonyl (C=O) groups is 3. The highest BCUT2D eigenvalue weighted by Gasteiger charge is 2.55. The average molecular weight is 702 g/mol. The van der Waals surface area contributed by atoms with Crippen LogP contribution in [0.2, 0.25) is 0 Å². The van der Waals surface area contributed by atoms with E-state index in [2.05, 4.69) is 24.8 Å². The molecule has 1 unspecified atom stereocenters. The van der Waals surface area contributed by atoms with E-state index in [1.165, 1.54) is 0 Å². The first kappa shape index (κ1) is 31.8. The van der Waals surface area contributed by atoms with Gasteiger partial charge < -0.3 is 25.0 Å². The second kappa shape index (κ2) is 12.8. The number of carboxylic acids is 1. The number of hydrogen-bond donors (Lipinski definition) is 5. The first-order valence-corrected chi connectivity index (χ1v) is 17.8. The van der Waals surface area contributed by atoms with Gasteiger partial charge in [0, 0.05) is 40.4 Å². The first-order valence-electron chi connectivity index (χ1n) is 12.3. The molecule has 0 aliphatic carbocycles. The summed E-state index contributed by atoms with van der Waals surface area (Å²) in [5, 5.41) is 18.6. The Morgan fingerprint density at radius 2 is 2.02 bits per heavy atom. The van der Waals surface area contributed by atoms with E-state index in [1.807, 2.05) is 41.2 Å². The molecule has 1 saturated heterocycles. The lowest BCUT2D eigenvalue weighted by molar-refractivity contribution is -0.671. The number of nitrogens with one attached hydrogen (secondary N) is 2. The molecule has 3 aromatic heterocycles. The summed E-state index contributed by atoms with van der Waals surface area (Å²) in [4.78, 5) is 71.1. The van der Waals surface area contributed by atoms with Crippen LogP contribution in [0, 0.1) is 0 Å². The number of hydrogen-bond acceptors (Lipinski definition) is 13. The number of rotatable bonds is 11. The molecule has 0 saturated carbocycles. The van der Waals surface area contributed by atoms with Crippen LogP contribution < -0.4 is 15.0 Å². The van der Waals surface area contributed by atoms with E-state index in [1.54, 1.807) is 12.3 Å². The fourth-order valence-corrected chi connectivity index (χ4v) is 9.17. The van der Waals surface area contributed by atoms with Gasteiger partial charge in [0.15, 0.2) is 16.7 Å². The molecule has 0 spiro atoms. The van der Waals surface area contributed by atoms with Crippen molar-refractivity contribution in [1.29, 1.82) is 0 Å². The molecule has 22 heteroatoms. The number of carbonyl (C=O) groups excluding carboxylic acids is 2. The maximum Gasteiger partial charge on any atom is 0.429 e. The Morgan fingerprint density at radius 3 is 2.68 bits per heavy atom. The zero-order chi connectivity index (χ0) is 31.8. The predicted molar refractivity (Wildman–Crippen MR) is 159 cm³/mol. The van der Waals surface area contributed by atoms with Gasteiger partial charge in [-0.1, -0.05) is 5.16 Å². The Bertz CT molecular complexity index is 1770. The van der Waals surface area contributed by atoms with Crippen LogP contribution in [0.15, 0.2) is 50.0 Å². The minimum absolute atomic E-state index is 0.00703. The summed E-state index contributed by atoms with van der Waals surface area (Å²) in [6.45, 7) is 1.65. The van der Waals surface area contributed by atoms with Gasteiger partial charge in [-0.05, 0) is 6.92 Å². The third-order valence-electron chi connectivity index (χ3n) is 5.94. The molecule has 0 radical (unpaired) electrons. The van der Waals surface area contributed by atoms with Crippen molar-refractivity contribution in [3.63, 3.8) is 0 Å². The lowest BCUT2D eigenvalue weighted by Gasteiger charge is -2.49. The van der Waals surface area contributed by atoms with Crippen molar-refractivity contribution < 1.29 is 47.5 Å². The number of anilines is 1. The van der Waals surface area contributed by atoms with Gasteiger partial charge in [-0.15, -0.1) is 23.1 Å². The van der Waals surface area contributed by atoms with Crippen LogP contribution in [0.25, 0.3) is 11.3 Å². The third-order valence-corrected chi connectivity index (χ3v) is 11.3. The fourth-order valence-electron chi connectivity index (χ4n) is 4.00. The molecular formula is C22H22N8O9PS4+. The molecule has 0 bridgehead atoms. The lowest BCUT2D eigenvalue weighted by Crippen LogP contribution is -2.71. The van der Waals surface area contributed by atoms with Crippen LogP contribution in [-0.4, -0.2) is 85.6 Å². The second-order valence-electron chi connectivity index (χ2n) is 8.89. The Kier molecular flexibility index (Phi) is 9.25. The van der Waals surface area contributed by atoms with E-state index < -0.39 is 59.2 Å². The number of fused-ring (bicyclic) bond motifs is 1. The summed E-state index contributed by atoms with van der Waals surface area (Å²) in [6, 6.07) is 2.50. The van der Waals surface area contributed by atoms with Crippen LogP contribution in [0.3, 0.4) is 0 Å². The maximum atomic E-state index is 13.5. The Balaban J connectivity index is 1.35. The molecule has 5 heterocycles. The van der Waals surface area contributed by atoms with Crippen molar-refractivity contribution in [3.8, 4) is 11.3 Å². The Labute approximate surface area is 262 Å². The van der Waals surface area contributed by atoms with Crippen molar-refractivity contribution in [2.75, 3.05) is 17.4 Å². The summed E-state index contributed by atoms with van der Waals surface area (Å²) in [7, 11) is -4.81. The van der Waals surface area contributed by atoms with Gasteiger partial charge in [-0.25, -0.2) is 23.1 Å². The molecule has 3 aromatic rings. The number of pyridine rings is 1. The molecular weight excluding hydrogens is 680 g/mol. The zero-order valence-corrected chi connectivity index (χ0v) is 26.7. The van der Waals surface area contributed by atoms with Crippen molar-refractivity contribution in [3.05, 3.63) is 46.3 Å². The van der Waals surface area contributed by atoms with E-state index in [-0.39, 0.29) is 32.6 Å². The van der Waals surface area contributed by atoms with Crippen LogP contribution in [0.5, 0.6) is 0 Å². The first-order chi connectivity index (χ1) is 20.9. The topological polar surface area (TPSA) is 237 Å². The summed E-state index contributed by atoms with van der Waals surface area (Å²) in [6.07, 6.45) is 3.66. The number of carboxylic acid groups (broad SMARTS) is 1. The van der Waals surface area contributed by atoms with E-state index >= 15 is 0 Å². The van der Waals surface area contributed by atoms with Crippen LogP contribution in [0.1, 0.15) is 12.7 Å². The number of aliphatic carboxylic acids is 1. The van der Waals surface area contributed by atoms with Crippen LogP contribution >= 0.6 is 42.4 Å². The highest BCUT2D eigenvalue weighted by atomic mass is 32.2. The van der Waals surface area contributed by atoms with Crippen LogP contribution in [0.4, 0.5) is 5.13 Å². The van der Waals surface area contributed by atoms with Gasteiger partial charge in [0.2, 0.25) is 16.7 Å². The largest absolute Gasteiger partial charge is 0.477 e. The highest BCUT2D eigenvalue weighted by Crippen LogP contribution is 2.42. The Morgan fingerprint density at radius 1 is 1.30 bits per heavy atom. The molecule has 5 rings (SSSR count). The fraction of sp³-hybridized carbons (Fsp3) is 0.273.